The Labute approximate surface area is 126 Å². The maximum Gasteiger partial charge on any atom is 0.260 e. The first-order chi connectivity index (χ1) is 10.2. The van der Waals surface area contributed by atoms with Crippen molar-refractivity contribution in [1.82, 2.24) is 10.2 Å². The van der Waals surface area contributed by atoms with Crippen molar-refractivity contribution >= 4 is 5.91 Å². The van der Waals surface area contributed by atoms with Gasteiger partial charge in [0.2, 0.25) is 0 Å². The van der Waals surface area contributed by atoms with Crippen LogP contribution in [0.1, 0.15) is 42.9 Å². The van der Waals surface area contributed by atoms with E-state index in [4.69, 9.17) is 4.74 Å². The van der Waals surface area contributed by atoms with Crippen molar-refractivity contribution in [1.29, 1.82) is 0 Å². The molecule has 1 aromatic rings. The van der Waals surface area contributed by atoms with E-state index in [1.165, 1.54) is 24.0 Å². The molecule has 4 heteroatoms. The molecular formula is C17H24N2O2. The van der Waals surface area contributed by atoms with Gasteiger partial charge in [-0.2, -0.15) is 0 Å². The minimum absolute atomic E-state index is 0.0725. The van der Waals surface area contributed by atoms with E-state index >= 15 is 0 Å². The van der Waals surface area contributed by atoms with Gasteiger partial charge in [-0.25, -0.2) is 0 Å². The summed E-state index contributed by atoms with van der Waals surface area (Å²) >= 11 is 0. The number of benzene rings is 1. The molecule has 114 valence electrons. The van der Waals surface area contributed by atoms with Gasteiger partial charge in [-0.1, -0.05) is 6.07 Å². The lowest BCUT2D eigenvalue weighted by Gasteiger charge is -2.25. The van der Waals surface area contributed by atoms with E-state index in [9.17, 15) is 4.79 Å². The lowest BCUT2D eigenvalue weighted by atomic mass is 9.87. The number of nitrogens with zero attached hydrogens (tertiary/aromatic N) is 1. The molecule has 1 atom stereocenters. The molecule has 4 nitrogen and oxygen atoms in total. The van der Waals surface area contributed by atoms with Crippen molar-refractivity contribution in [2.75, 3.05) is 20.7 Å². The number of carbonyl (C=O) groups excluding carboxylic acids is 1. The first-order valence-corrected chi connectivity index (χ1v) is 7.87. The number of carbonyl (C=O) groups is 1. The summed E-state index contributed by atoms with van der Waals surface area (Å²) in [5.41, 5.74) is 2.72. The summed E-state index contributed by atoms with van der Waals surface area (Å²) in [6, 6.07) is 7.12. The minimum atomic E-state index is 0.0725. The van der Waals surface area contributed by atoms with E-state index in [1.54, 1.807) is 0 Å². The van der Waals surface area contributed by atoms with E-state index in [1.807, 2.05) is 25.1 Å². The Hall–Kier alpha value is -1.55. The SMILES string of the molecule is CNC1CCCc2cc(OCC(=O)N(C)C3CC3)ccc21. The molecular weight excluding hydrogens is 264 g/mol. The van der Waals surface area contributed by atoms with Crippen molar-refractivity contribution in [2.24, 2.45) is 0 Å². The zero-order chi connectivity index (χ0) is 14.8. The zero-order valence-electron chi connectivity index (χ0n) is 12.9. The van der Waals surface area contributed by atoms with Crippen LogP contribution >= 0.6 is 0 Å². The van der Waals surface area contributed by atoms with Gasteiger partial charge in [0.05, 0.1) is 0 Å². The first-order valence-electron chi connectivity index (χ1n) is 7.87. The van der Waals surface area contributed by atoms with Crippen LogP contribution in [0.25, 0.3) is 0 Å². The molecule has 0 aliphatic heterocycles. The molecule has 1 N–H and O–H groups in total. The molecule has 0 aromatic heterocycles. The van der Waals surface area contributed by atoms with Crippen LogP contribution in [0.5, 0.6) is 5.75 Å². The lowest BCUT2D eigenvalue weighted by molar-refractivity contribution is -0.132. The van der Waals surface area contributed by atoms with Gasteiger partial charge < -0.3 is 15.0 Å². The van der Waals surface area contributed by atoms with Crippen molar-refractivity contribution < 1.29 is 9.53 Å². The summed E-state index contributed by atoms with van der Waals surface area (Å²) < 4.78 is 5.69. The van der Waals surface area contributed by atoms with Gasteiger partial charge in [0.25, 0.3) is 5.91 Å². The highest BCUT2D eigenvalue weighted by Gasteiger charge is 2.29. The standard InChI is InChI=1S/C17H24N2O2/c1-18-16-5-3-4-12-10-14(8-9-15(12)16)21-11-17(20)19(2)13-6-7-13/h8-10,13,16,18H,3-7,11H2,1-2H3. The van der Waals surface area contributed by atoms with Crippen molar-refractivity contribution in [3.63, 3.8) is 0 Å². The number of aryl methyl sites for hydroxylation is 1. The molecule has 0 bridgehead atoms. The summed E-state index contributed by atoms with van der Waals surface area (Å²) in [7, 11) is 3.88. The van der Waals surface area contributed by atoms with Crippen LogP contribution in [0.3, 0.4) is 0 Å². The molecule has 0 saturated heterocycles. The molecule has 1 saturated carbocycles. The smallest absolute Gasteiger partial charge is 0.260 e. The van der Waals surface area contributed by atoms with Gasteiger partial charge in [-0.05, 0) is 62.4 Å². The second-order valence-electron chi connectivity index (χ2n) is 6.12. The fraction of sp³-hybridized carbons (Fsp3) is 0.588. The topological polar surface area (TPSA) is 41.6 Å². The second-order valence-corrected chi connectivity index (χ2v) is 6.12. The van der Waals surface area contributed by atoms with Gasteiger partial charge >= 0.3 is 0 Å². The van der Waals surface area contributed by atoms with Crippen molar-refractivity contribution in [3.8, 4) is 5.75 Å². The van der Waals surface area contributed by atoms with Crippen LogP contribution in [0.15, 0.2) is 18.2 Å². The summed E-state index contributed by atoms with van der Waals surface area (Å²) in [5, 5.41) is 3.36. The van der Waals surface area contributed by atoms with Crippen LogP contribution in [0.2, 0.25) is 0 Å². The fourth-order valence-electron chi connectivity index (χ4n) is 3.09. The minimum Gasteiger partial charge on any atom is -0.484 e. The van der Waals surface area contributed by atoms with E-state index < -0.39 is 0 Å². The Bertz CT molecular complexity index is 526. The number of likely N-dealkylation sites (N-methyl/N-ethyl adjacent to an activating group) is 1. The van der Waals surface area contributed by atoms with Gasteiger partial charge in [0, 0.05) is 19.1 Å². The Morgan fingerprint density at radius 3 is 2.90 bits per heavy atom. The number of hydrogen-bond acceptors (Lipinski definition) is 3. The summed E-state index contributed by atoms with van der Waals surface area (Å²) in [5.74, 6) is 0.881. The average Bonchev–Trinajstić information content (AvgIpc) is 3.35. The summed E-state index contributed by atoms with van der Waals surface area (Å²) in [6.45, 7) is 0.140. The van der Waals surface area contributed by atoms with Crippen LogP contribution in [-0.4, -0.2) is 37.6 Å². The molecule has 1 amide bonds. The molecule has 1 fully saturated rings. The molecule has 21 heavy (non-hydrogen) atoms. The van der Waals surface area contributed by atoms with E-state index in [0.29, 0.717) is 12.1 Å². The van der Waals surface area contributed by atoms with Crippen LogP contribution in [0, 0.1) is 0 Å². The van der Waals surface area contributed by atoms with Gasteiger partial charge in [-0.3, -0.25) is 4.79 Å². The molecule has 2 aliphatic carbocycles. The molecule has 1 aromatic carbocycles. The number of fused-ring (bicyclic) bond motifs is 1. The maximum atomic E-state index is 12.0. The summed E-state index contributed by atoms with van der Waals surface area (Å²) in [6.07, 6.45) is 5.75. The number of rotatable bonds is 5. The van der Waals surface area contributed by atoms with Gasteiger partial charge in [-0.15, -0.1) is 0 Å². The third-order valence-electron chi connectivity index (χ3n) is 4.63. The van der Waals surface area contributed by atoms with E-state index in [2.05, 4.69) is 17.4 Å². The van der Waals surface area contributed by atoms with Crippen LogP contribution in [-0.2, 0) is 11.2 Å². The van der Waals surface area contributed by atoms with Crippen molar-refractivity contribution in [2.45, 2.75) is 44.2 Å². The normalized spacial score (nSPS) is 20.8. The van der Waals surface area contributed by atoms with Crippen LogP contribution < -0.4 is 10.1 Å². The fourth-order valence-corrected chi connectivity index (χ4v) is 3.09. The predicted octanol–water partition coefficient (Wildman–Crippen LogP) is 2.28. The van der Waals surface area contributed by atoms with E-state index in [-0.39, 0.29) is 12.5 Å². The maximum absolute atomic E-state index is 12.0. The number of ether oxygens (including phenoxy) is 1. The lowest BCUT2D eigenvalue weighted by Crippen LogP contribution is -2.33. The highest BCUT2D eigenvalue weighted by molar-refractivity contribution is 5.78. The van der Waals surface area contributed by atoms with Gasteiger partial charge in [0.15, 0.2) is 6.61 Å². The van der Waals surface area contributed by atoms with Crippen molar-refractivity contribution in [3.05, 3.63) is 29.3 Å². The second kappa shape index (κ2) is 6.06. The molecule has 0 spiro atoms. The Kier molecular flexibility index (Phi) is 4.15. The number of nitrogens with one attached hydrogen (secondary N) is 1. The molecule has 1 unspecified atom stereocenters. The molecule has 0 heterocycles. The Morgan fingerprint density at radius 2 is 2.19 bits per heavy atom. The third kappa shape index (κ3) is 3.21. The first kappa shape index (κ1) is 14.4. The zero-order valence-corrected chi connectivity index (χ0v) is 12.9. The van der Waals surface area contributed by atoms with E-state index in [0.717, 1.165) is 25.0 Å². The number of amides is 1. The average molecular weight is 288 g/mol. The Morgan fingerprint density at radius 1 is 1.38 bits per heavy atom. The molecule has 2 aliphatic rings. The quantitative estimate of drug-likeness (QED) is 0.904. The monoisotopic (exact) mass is 288 g/mol. The predicted molar refractivity (Wildman–Crippen MR) is 82.5 cm³/mol. The molecule has 3 rings (SSSR count). The number of hydrogen-bond donors (Lipinski definition) is 1. The summed E-state index contributed by atoms with van der Waals surface area (Å²) in [4.78, 5) is 13.8. The largest absolute Gasteiger partial charge is 0.484 e. The highest BCUT2D eigenvalue weighted by Crippen LogP contribution is 2.32. The molecule has 0 radical (unpaired) electrons. The Balaban J connectivity index is 1.62. The van der Waals surface area contributed by atoms with Gasteiger partial charge in [0.1, 0.15) is 5.75 Å². The highest BCUT2D eigenvalue weighted by atomic mass is 16.5. The third-order valence-corrected chi connectivity index (χ3v) is 4.63. The van der Waals surface area contributed by atoms with Crippen LogP contribution in [0.4, 0.5) is 0 Å².